The molecule has 0 bridgehead atoms. The molecule has 0 aromatic heterocycles. The van der Waals surface area contributed by atoms with Crippen LogP contribution in [-0.4, -0.2) is 145 Å². The maximum Gasteiger partial charge on any atom is 0.187 e. The number of hydrogen-bond donors (Lipinski definition) is 9. The maximum absolute atomic E-state index is 12.6. The number of ether oxygens (including phenoxy) is 4. The molecule has 21 atom stereocenters. The lowest BCUT2D eigenvalue weighted by Crippen LogP contribution is -2.66. The fraction of sp³-hybridized carbons (Fsp3) is 0.976. The topological polar surface area (TPSA) is 236 Å². The number of fused-ring (bicyclic) bond motifs is 2. The van der Waals surface area contributed by atoms with Gasteiger partial charge in [-0.25, -0.2) is 0 Å². The molecule has 56 heavy (non-hydrogen) atoms. The molecule has 0 amide bonds. The minimum atomic E-state index is -1.76. The summed E-state index contributed by atoms with van der Waals surface area (Å²) < 4.78 is 24.3. The van der Waals surface area contributed by atoms with Gasteiger partial charge in [-0.2, -0.15) is 0 Å². The van der Waals surface area contributed by atoms with Crippen molar-refractivity contribution in [1.82, 2.24) is 0 Å². The van der Waals surface area contributed by atoms with Gasteiger partial charge in [-0.1, -0.05) is 48.5 Å². The average molecular weight is 799 g/mol. The van der Waals surface area contributed by atoms with Crippen molar-refractivity contribution < 1.29 is 69.7 Å². The minimum absolute atomic E-state index is 0.0160. The number of ketones is 1. The van der Waals surface area contributed by atoms with Crippen LogP contribution in [0.2, 0.25) is 0 Å². The summed E-state index contributed by atoms with van der Waals surface area (Å²) in [4.78, 5) is 12.6. The number of hydrogen-bond acceptors (Lipinski definition) is 14. The molecule has 0 aromatic carbocycles. The normalized spacial score (nSPS) is 54.1. The Labute approximate surface area is 330 Å². The van der Waals surface area contributed by atoms with Gasteiger partial charge < -0.3 is 64.9 Å². The fourth-order valence-electron chi connectivity index (χ4n) is 14.4. The predicted octanol–water partition coefficient (Wildman–Crippen LogP) is 1.02. The van der Waals surface area contributed by atoms with Gasteiger partial charge in [0, 0.05) is 17.8 Å². The van der Waals surface area contributed by atoms with Crippen molar-refractivity contribution in [3.63, 3.8) is 0 Å². The summed E-state index contributed by atoms with van der Waals surface area (Å²) in [5.41, 5.74) is -1.38. The molecule has 14 nitrogen and oxygen atoms in total. The van der Waals surface area contributed by atoms with Crippen molar-refractivity contribution in [1.29, 1.82) is 0 Å². The average Bonchev–Trinajstić information content (AvgIpc) is 3.78. The van der Waals surface area contributed by atoms with Gasteiger partial charge in [-0.15, -0.1) is 0 Å². The van der Waals surface area contributed by atoms with Gasteiger partial charge in [0.25, 0.3) is 0 Å². The van der Waals surface area contributed by atoms with E-state index in [1.807, 2.05) is 13.8 Å². The van der Waals surface area contributed by atoms with E-state index in [4.69, 9.17) is 18.9 Å². The van der Waals surface area contributed by atoms with Crippen molar-refractivity contribution in [3.8, 4) is 0 Å². The molecule has 2 spiro atoms. The lowest BCUT2D eigenvalue weighted by atomic mass is 9.41. The van der Waals surface area contributed by atoms with Crippen LogP contribution in [0.5, 0.6) is 0 Å². The van der Waals surface area contributed by atoms with Crippen LogP contribution in [-0.2, 0) is 23.7 Å². The molecule has 322 valence electrons. The summed E-state index contributed by atoms with van der Waals surface area (Å²) in [5.74, 6) is 0.729. The molecule has 7 rings (SSSR count). The lowest BCUT2D eigenvalue weighted by Gasteiger charge is -2.64. The largest absolute Gasteiger partial charge is 0.394 e. The molecule has 5 aliphatic carbocycles. The second kappa shape index (κ2) is 15.0. The first kappa shape index (κ1) is 43.2. The van der Waals surface area contributed by atoms with Gasteiger partial charge >= 0.3 is 0 Å². The highest BCUT2D eigenvalue weighted by Gasteiger charge is 2.85. The lowest BCUT2D eigenvalue weighted by molar-refractivity contribution is -0.377. The Kier molecular flexibility index (Phi) is 11.5. The summed E-state index contributed by atoms with van der Waals surface area (Å²) in [6.07, 6.45) is -10.1. The summed E-state index contributed by atoms with van der Waals surface area (Å²) in [5, 5.41) is 97.6. The quantitative estimate of drug-likeness (QED) is 0.133. The third-order valence-corrected chi connectivity index (χ3v) is 17.5. The van der Waals surface area contributed by atoms with E-state index in [9.17, 15) is 50.8 Å². The van der Waals surface area contributed by atoms with Crippen LogP contribution in [0.15, 0.2) is 0 Å². The van der Waals surface area contributed by atoms with Crippen LogP contribution in [0.4, 0.5) is 0 Å². The second-order valence-electron chi connectivity index (χ2n) is 20.5. The highest BCUT2D eigenvalue weighted by Crippen LogP contribution is 2.89. The van der Waals surface area contributed by atoms with Gasteiger partial charge in [-0.3, -0.25) is 4.79 Å². The number of rotatable bonds is 11. The van der Waals surface area contributed by atoms with Crippen LogP contribution in [0.1, 0.15) is 106 Å². The Balaban J connectivity index is 1.11. The van der Waals surface area contributed by atoms with Gasteiger partial charge in [0.05, 0.1) is 31.5 Å². The monoisotopic (exact) mass is 798 g/mol. The molecule has 21 unspecified atom stereocenters. The smallest absolute Gasteiger partial charge is 0.187 e. The second-order valence-corrected chi connectivity index (χ2v) is 20.5. The molecule has 7 aliphatic rings. The molecule has 2 saturated heterocycles. The zero-order chi connectivity index (χ0) is 41.1. The molecule has 5 saturated carbocycles. The zero-order valence-electron chi connectivity index (χ0n) is 34.2. The van der Waals surface area contributed by atoms with E-state index in [0.717, 1.165) is 32.1 Å². The summed E-state index contributed by atoms with van der Waals surface area (Å²) in [6, 6.07) is 0. The van der Waals surface area contributed by atoms with E-state index in [0.29, 0.717) is 25.7 Å². The Morgan fingerprint density at radius 2 is 1.34 bits per heavy atom. The van der Waals surface area contributed by atoms with E-state index in [-0.39, 0.29) is 57.0 Å². The molecule has 2 aliphatic heterocycles. The maximum atomic E-state index is 12.6. The Hall–Kier alpha value is -0.850. The third kappa shape index (κ3) is 6.16. The molecular weight excluding hydrogens is 728 g/mol. The van der Waals surface area contributed by atoms with Crippen molar-refractivity contribution in [2.45, 2.75) is 186 Å². The van der Waals surface area contributed by atoms with Gasteiger partial charge in [0.1, 0.15) is 54.6 Å². The van der Waals surface area contributed by atoms with Crippen LogP contribution >= 0.6 is 0 Å². The van der Waals surface area contributed by atoms with Gasteiger partial charge in [-0.05, 0) is 96.7 Å². The standard InChI is InChI=1S/C42H70O14/c1-19(2)21(45)9-8-20(3)29-22(46)14-39(6)26-11-10-25-38(4,5)28(12-13-41(25)18-42(26,41)27(47)15-40(29,39)7)55-37-35(33(51)31(49)24(17-44)54-37)56-36-34(52)32(50)30(48)23(16-43)53-36/h19-20,22-37,43-44,46-52H,8-18H2,1-7H3. The number of Topliss-reactive ketones (excluding diaryl/α,β-unsaturated/α-hetero) is 1. The first-order chi connectivity index (χ1) is 26.2. The van der Waals surface area contributed by atoms with Gasteiger partial charge in [0.15, 0.2) is 12.6 Å². The Bertz CT molecular complexity index is 1440. The third-order valence-electron chi connectivity index (χ3n) is 17.5. The number of aliphatic hydroxyl groups is 9. The molecule has 9 N–H and O–H groups in total. The van der Waals surface area contributed by atoms with Crippen LogP contribution in [0.3, 0.4) is 0 Å². The zero-order valence-corrected chi connectivity index (χ0v) is 34.2. The number of aliphatic hydroxyl groups excluding tert-OH is 9. The van der Waals surface area contributed by atoms with Gasteiger partial charge in [0.2, 0.25) is 0 Å². The molecule has 14 heteroatoms. The minimum Gasteiger partial charge on any atom is -0.394 e. The molecule has 0 aromatic rings. The van der Waals surface area contributed by atoms with Crippen LogP contribution in [0, 0.1) is 56.7 Å². The first-order valence-electron chi connectivity index (χ1n) is 21.3. The van der Waals surface area contributed by atoms with E-state index in [2.05, 4.69) is 34.6 Å². The van der Waals surface area contributed by atoms with Crippen molar-refractivity contribution in [3.05, 3.63) is 0 Å². The molecule has 0 radical (unpaired) electrons. The van der Waals surface area contributed by atoms with Crippen LogP contribution in [0.25, 0.3) is 0 Å². The van der Waals surface area contributed by atoms with Crippen molar-refractivity contribution >= 4 is 5.78 Å². The number of carbonyl (C=O) groups excluding carboxylic acids is 1. The molecular formula is C42H70O14. The predicted molar refractivity (Wildman–Crippen MR) is 199 cm³/mol. The summed E-state index contributed by atoms with van der Waals surface area (Å²) >= 11 is 0. The van der Waals surface area contributed by atoms with E-state index < -0.39 is 98.4 Å². The van der Waals surface area contributed by atoms with Crippen molar-refractivity contribution in [2.75, 3.05) is 13.2 Å². The van der Waals surface area contributed by atoms with Crippen molar-refractivity contribution in [2.24, 2.45) is 56.7 Å². The fourth-order valence-corrected chi connectivity index (χ4v) is 14.4. The summed E-state index contributed by atoms with van der Waals surface area (Å²) in [6.45, 7) is 13.7. The van der Waals surface area contributed by atoms with Crippen LogP contribution < -0.4 is 0 Å². The molecule has 2 heterocycles. The number of carbonyl (C=O) groups is 1. The SMILES string of the molecule is CC(C)C(=O)CCC(C)C1C(O)CC2(C)C3CCC4C(C)(C)C(OC5OC(CO)C(O)C(O)C5OC5OC(CO)C(O)C(O)C5O)CCC45CC35C(O)CC12C. The Morgan fingerprint density at radius 1 is 0.732 bits per heavy atom. The van der Waals surface area contributed by atoms with E-state index in [1.54, 1.807) is 0 Å². The Morgan fingerprint density at radius 3 is 1.96 bits per heavy atom. The first-order valence-corrected chi connectivity index (χ1v) is 21.3. The summed E-state index contributed by atoms with van der Waals surface area (Å²) in [7, 11) is 0. The highest BCUT2D eigenvalue weighted by molar-refractivity contribution is 5.80. The highest BCUT2D eigenvalue weighted by atomic mass is 16.8. The van der Waals surface area contributed by atoms with E-state index >= 15 is 0 Å². The van der Waals surface area contributed by atoms with E-state index in [1.165, 1.54) is 0 Å². The molecule has 7 fully saturated rings.